The van der Waals surface area contributed by atoms with E-state index in [1.54, 1.807) is 4.90 Å². The van der Waals surface area contributed by atoms with Gasteiger partial charge in [-0.2, -0.15) is 0 Å². The molecule has 1 aliphatic heterocycles. The highest BCUT2D eigenvalue weighted by atomic mass is 16.2. The average Bonchev–Trinajstić information content (AvgIpc) is 3.03. The Hall–Kier alpha value is -3.14. The molecule has 0 aliphatic carbocycles. The summed E-state index contributed by atoms with van der Waals surface area (Å²) in [5, 5.41) is 5.15. The molecule has 1 heterocycles. The van der Waals surface area contributed by atoms with Gasteiger partial charge in [0, 0.05) is 24.2 Å². The van der Waals surface area contributed by atoms with E-state index in [2.05, 4.69) is 12.2 Å². The van der Waals surface area contributed by atoms with E-state index in [1.807, 2.05) is 67.6 Å². The minimum Gasteiger partial charge on any atom is -0.347 e. The molecule has 1 fully saturated rings. The summed E-state index contributed by atoms with van der Waals surface area (Å²) in [6.45, 7) is 4.59. The molecule has 0 spiro atoms. The maximum atomic E-state index is 12.7. The van der Waals surface area contributed by atoms with Gasteiger partial charge in [0.15, 0.2) is 0 Å². The van der Waals surface area contributed by atoms with Crippen LogP contribution in [0.25, 0.3) is 10.8 Å². The van der Waals surface area contributed by atoms with Crippen LogP contribution in [-0.2, 0) is 4.79 Å². The van der Waals surface area contributed by atoms with Gasteiger partial charge in [-0.1, -0.05) is 36.4 Å². The molecular formula is C23H22N2O2. The Labute approximate surface area is 158 Å². The van der Waals surface area contributed by atoms with E-state index in [0.717, 1.165) is 22.0 Å². The predicted octanol–water partition coefficient (Wildman–Crippen LogP) is 3.99. The molecule has 2 amide bonds. The predicted molar refractivity (Wildman–Crippen MR) is 108 cm³/mol. The second kappa shape index (κ2) is 6.88. The lowest BCUT2D eigenvalue weighted by molar-refractivity contribution is -0.117. The average molecular weight is 358 g/mol. The standard InChI is InChI=1S/C23H22N2O2/c1-15-7-10-21(11-16(15)2)25-14-20(13-22(25)26)24-23(27)19-9-8-17-5-3-4-6-18(17)12-19/h3-12,20H,13-14H2,1-2H3,(H,24,27). The molecule has 0 saturated carbocycles. The number of aryl methyl sites for hydroxylation is 2. The number of fused-ring (bicyclic) bond motifs is 1. The third-order valence-electron chi connectivity index (χ3n) is 5.27. The van der Waals surface area contributed by atoms with Crippen molar-refractivity contribution in [3.05, 3.63) is 77.4 Å². The molecule has 1 unspecified atom stereocenters. The minimum absolute atomic E-state index is 0.0436. The zero-order chi connectivity index (χ0) is 19.0. The molecule has 4 rings (SSSR count). The first kappa shape index (κ1) is 17.3. The molecule has 3 aromatic rings. The Morgan fingerprint density at radius 2 is 1.74 bits per heavy atom. The van der Waals surface area contributed by atoms with Crippen LogP contribution in [-0.4, -0.2) is 24.4 Å². The molecule has 1 N–H and O–H groups in total. The van der Waals surface area contributed by atoms with Gasteiger partial charge in [-0.3, -0.25) is 9.59 Å². The summed E-state index contributed by atoms with van der Waals surface area (Å²) in [6.07, 6.45) is 0.326. The number of benzene rings is 3. The third-order valence-corrected chi connectivity index (χ3v) is 5.27. The zero-order valence-electron chi connectivity index (χ0n) is 15.5. The van der Waals surface area contributed by atoms with E-state index in [-0.39, 0.29) is 17.9 Å². The van der Waals surface area contributed by atoms with Gasteiger partial charge in [-0.15, -0.1) is 0 Å². The van der Waals surface area contributed by atoms with Crippen molar-refractivity contribution < 1.29 is 9.59 Å². The van der Waals surface area contributed by atoms with Crippen molar-refractivity contribution in [2.45, 2.75) is 26.3 Å². The molecule has 4 heteroatoms. The summed E-state index contributed by atoms with van der Waals surface area (Å²) >= 11 is 0. The van der Waals surface area contributed by atoms with Gasteiger partial charge < -0.3 is 10.2 Å². The second-order valence-corrected chi connectivity index (χ2v) is 7.21. The molecule has 3 aromatic carbocycles. The van der Waals surface area contributed by atoms with Crippen molar-refractivity contribution >= 4 is 28.3 Å². The van der Waals surface area contributed by atoms with Gasteiger partial charge in [-0.25, -0.2) is 0 Å². The molecule has 0 bridgehead atoms. The van der Waals surface area contributed by atoms with Crippen molar-refractivity contribution in [2.24, 2.45) is 0 Å². The van der Waals surface area contributed by atoms with Crippen LogP contribution in [0.5, 0.6) is 0 Å². The summed E-state index contributed by atoms with van der Waals surface area (Å²) < 4.78 is 0. The lowest BCUT2D eigenvalue weighted by atomic mass is 10.1. The van der Waals surface area contributed by atoms with E-state index in [0.29, 0.717) is 18.5 Å². The SMILES string of the molecule is Cc1ccc(N2CC(NC(=O)c3ccc4ccccc4c3)CC2=O)cc1C. The zero-order valence-corrected chi connectivity index (χ0v) is 15.5. The monoisotopic (exact) mass is 358 g/mol. The Morgan fingerprint density at radius 1 is 0.963 bits per heavy atom. The van der Waals surface area contributed by atoms with E-state index < -0.39 is 0 Å². The van der Waals surface area contributed by atoms with Crippen LogP contribution in [0, 0.1) is 13.8 Å². The highest BCUT2D eigenvalue weighted by Crippen LogP contribution is 2.24. The number of carbonyl (C=O) groups excluding carboxylic acids is 2. The number of amides is 2. The first-order valence-electron chi connectivity index (χ1n) is 9.18. The van der Waals surface area contributed by atoms with Crippen molar-refractivity contribution in [3.63, 3.8) is 0 Å². The van der Waals surface area contributed by atoms with Crippen LogP contribution in [0.15, 0.2) is 60.7 Å². The highest BCUT2D eigenvalue weighted by molar-refractivity contribution is 6.01. The molecule has 0 radical (unpaired) electrons. The molecule has 1 atom stereocenters. The molecule has 4 nitrogen and oxygen atoms in total. The summed E-state index contributed by atoms with van der Waals surface area (Å²) in [4.78, 5) is 26.9. The van der Waals surface area contributed by atoms with Crippen LogP contribution in [0.4, 0.5) is 5.69 Å². The lowest BCUT2D eigenvalue weighted by Crippen LogP contribution is -2.37. The first-order valence-corrected chi connectivity index (χ1v) is 9.18. The van der Waals surface area contributed by atoms with Crippen LogP contribution < -0.4 is 10.2 Å². The summed E-state index contributed by atoms with van der Waals surface area (Å²) in [5.41, 5.74) is 3.87. The smallest absolute Gasteiger partial charge is 0.251 e. The van der Waals surface area contributed by atoms with Gasteiger partial charge in [0.05, 0.1) is 6.04 Å². The van der Waals surface area contributed by atoms with Crippen molar-refractivity contribution in [3.8, 4) is 0 Å². The highest BCUT2D eigenvalue weighted by Gasteiger charge is 2.31. The van der Waals surface area contributed by atoms with E-state index in [9.17, 15) is 9.59 Å². The number of hydrogen-bond donors (Lipinski definition) is 1. The van der Waals surface area contributed by atoms with Gasteiger partial charge >= 0.3 is 0 Å². The van der Waals surface area contributed by atoms with Crippen molar-refractivity contribution in [1.29, 1.82) is 0 Å². The number of hydrogen-bond acceptors (Lipinski definition) is 2. The number of nitrogens with one attached hydrogen (secondary N) is 1. The fraction of sp³-hybridized carbons (Fsp3) is 0.217. The van der Waals surface area contributed by atoms with Gasteiger partial charge in [-0.05, 0) is 60.0 Å². The Kier molecular flexibility index (Phi) is 4.40. The van der Waals surface area contributed by atoms with Crippen LogP contribution in [0.3, 0.4) is 0 Å². The maximum Gasteiger partial charge on any atom is 0.251 e. The third kappa shape index (κ3) is 3.43. The fourth-order valence-corrected chi connectivity index (χ4v) is 3.55. The van der Waals surface area contributed by atoms with Crippen LogP contribution >= 0.6 is 0 Å². The maximum absolute atomic E-state index is 12.7. The molecule has 1 saturated heterocycles. The fourth-order valence-electron chi connectivity index (χ4n) is 3.55. The van der Waals surface area contributed by atoms with Crippen molar-refractivity contribution in [1.82, 2.24) is 5.32 Å². The largest absolute Gasteiger partial charge is 0.347 e. The van der Waals surface area contributed by atoms with E-state index in [1.165, 1.54) is 5.56 Å². The molecule has 27 heavy (non-hydrogen) atoms. The molecule has 136 valence electrons. The second-order valence-electron chi connectivity index (χ2n) is 7.21. The number of nitrogens with zero attached hydrogens (tertiary/aromatic N) is 1. The lowest BCUT2D eigenvalue weighted by Gasteiger charge is -2.18. The number of rotatable bonds is 3. The molecule has 1 aliphatic rings. The van der Waals surface area contributed by atoms with Crippen LogP contribution in [0.1, 0.15) is 27.9 Å². The van der Waals surface area contributed by atoms with E-state index >= 15 is 0 Å². The summed E-state index contributed by atoms with van der Waals surface area (Å²) in [7, 11) is 0. The first-order chi connectivity index (χ1) is 13.0. The van der Waals surface area contributed by atoms with Crippen LogP contribution in [0.2, 0.25) is 0 Å². The van der Waals surface area contributed by atoms with E-state index in [4.69, 9.17) is 0 Å². The summed E-state index contributed by atoms with van der Waals surface area (Å²) in [5.74, 6) is -0.0949. The number of carbonyl (C=O) groups is 2. The van der Waals surface area contributed by atoms with Crippen molar-refractivity contribution in [2.75, 3.05) is 11.4 Å². The quantitative estimate of drug-likeness (QED) is 0.770. The minimum atomic E-state index is -0.182. The normalized spacial score (nSPS) is 16.7. The molecular weight excluding hydrogens is 336 g/mol. The topological polar surface area (TPSA) is 49.4 Å². The van der Waals surface area contributed by atoms with Gasteiger partial charge in [0.25, 0.3) is 5.91 Å². The Bertz CT molecular complexity index is 1040. The molecule has 0 aromatic heterocycles. The Morgan fingerprint density at radius 3 is 2.52 bits per heavy atom. The van der Waals surface area contributed by atoms with Gasteiger partial charge in [0.1, 0.15) is 0 Å². The summed E-state index contributed by atoms with van der Waals surface area (Å²) in [6, 6.07) is 19.5. The van der Waals surface area contributed by atoms with Gasteiger partial charge in [0.2, 0.25) is 5.91 Å². The number of anilines is 1. The Balaban J connectivity index is 1.48.